The van der Waals surface area contributed by atoms with Crippen molar-refractivity contribution in [1.29, 1.82) is 0 Å². The van der Waals surface area contributed by atoms with Crippen LogP contribution >= 0.6 is 0 Å². The largest absolute Gasteiger partial charge is 0.473 e. The lowest BCUT2D eigenvalue weighted by Crippen LogP contribution is -2.42. The first kappa shape index (κ1) is 14.5. The number of ether oxygens (including phenoxy) is 1. The molecule has 5 nitrogen and oxygen atoms in total. The Labute approximate surface area is 129 Å². The summed E-state index contributed by atoms with van der Waals surface area (Å²) < 4.78 is 5.80. The summed E-state index contributed by atoms with van der Waals surface area (Å²) in [4.78, 5) is 14.4. The standard InChI is InChI=1S/C17H19N3O2/c1-13-5-2-3-6-15(13)17(21)20-11-8-14(9-12-20)22-16-7-4-10-18-19-16/h2-7,10,14H,8-9,11-12H2,1H3. The van der Waals surface area contributed by atoms with Gasteiger partial charge in [-0.1, -0.05) is 18.2 Å². The molecule has 22 heavy (non-hydrogen) atoms. The second kappa shape index (κ2) is 6.56. The lowest BCUT2D eigenvalue weighted by atomic mass is 10.0. The molecular formula is C17H19N3O2. The Balaban J connectivity index is 1.58. The van der Waals surface area contributed by atoms with Crippen LogP contribution in [0.4, 0.5) is 0 Å². The molecular weight excluding hydrogens is 278 g/mol. The highest BCUT2D eigenvalue weighted by Crippen LogP contribution is 2.19. The maximum atomic E-state index is 12.5. The molecule has 0 atom stereocenters. The molecule has 1 fully saturated rings. The molecule has 1 aromatic carbocycles. The molecule has 5 heteroatoms. The lowest BCUT2D eigenvalue weighted by Gasteiger charge is -2.32. The van der Waals surface area contributed by atoms with E-state index in [1.54, 1.807) is 18.3 Å². The van der Waals surface area contributed by atoms with Crippen molar-refractivity contribution < 1.29 is 9.53 Å². The van der Waals surface area contributed by atoms with Gasteiger partial charge in [-0.2, -0.15) is 5.10 Å². The van der Waals surface area contributed by atoms with Crippen LogP contribution in [0.25, 0.3) is 0 Å². The number of carbonyl (C=O) groups is 1. The summed E-state index contributed by atoms with van der Waals surface area (Å²) in [7, 11) is 0. The molecule has 3 rings (SSSR count). The van der Waals surface area contributed by atoms with Crippen LogP contribution in [-0.4, -0.2) is 40.2 Å². The molecule has 0 unspecified atom stereocenters. The third kappa shape index (κ3) is 3.24. The maximum absolute atomic E-state index is 12.5. The molecule has 1 aliphatic rings. The fourth-order valence-electron chi connectivity index (χ4n) is 2.68. The number of likely N-dealkylation sites (tertiary alicyclic amines) is 1. The summed E-state index contributed by atoms with van der Waals surface area (Å²) in [5.74, 6) is 0.655. The molecule has 0 saturated carbocycles. The van der Waals surface area contributed by atoms with Crippen LogP contribution in [-0.2, 0) is 0 Å². The number of hydrogen-bond acceptors (Lipinski definition) is 4. The van der Waals surface area contributed by atoms with E-state index >= 15 is 0 Å². The Bertz CT molecular complexity index is 637. The highest BCUT2D eigenvalue weighted by Gasteiger charge is 2.25. The summed E-state index contributed by atoms with van der Waals surface area (Å²) in [6.45, 7) is 3.38. The minimum atomic E-state index is 0.0950. The van der Waals surface area contributed by atoms with E-state index in [1.807, 2.05) is 36.1 Å². The van der Waals surface area contributed by atoms with Gasteiger partial charge in [-0.05, 0) is 24.6 Å². The van der Waals surface area contributed by atoms with Crippen molar-refractivity contribution in [3.8, 4) is 5.88 Å². The van der Waals surface area contributed by atoms with Gasteiger partial charge in [-0.15, -0.1) is 5.10 Å². The third-order valence-corrected chi connectivity index (χ3v) is 3.94. The number of aryl methyl sites for hydroxylation is 1. The first-order chi connectivity index (χ1) is 10.7. The Morgan fingerprint density at radius 2 is 1.95 bits per heavy atom. The quantitative estimate of drug-likeness (QED) is 0.873. The van der Waals surface area contributed by atoms with Gasteiger partial charge >= 0.3 is 0 Å². The summed E-state index contributed by atoms with van der Waals surface area (Å²) in [5, 5.41) is 7.74. The van der Waals surface area contributed by atoms with Crippen LogP contribution in [0.2, 0.25) is 0 Å². The number of amides is 1. The van der Waals surface area contributed by atoms with Crippen LogP contribution in [0.5, 0.6) is 5.88 Å². The van der Waals surface area contributed by atoms with Crippen LogP contribution in [0, 0.1) is 6.92 Å². The molecule has 0 bridgehead atoms. The van der Waals surface area contributed by atoms with Gasteiger partial charge in [0.1, 0.15) is 6.10 Å². The zero-order chi connectivity index (χ0) is 15.4. The maximum Gasteiger partial charge on any atom is 0.254 e. The third-order valence-electron chi connectivity index (χ3n) is 3.94. The molecule has 0 aliphatic carbocycles. The lowest BCUT2D eigenvalue weighted by molar-refractivity contribution is 0.0585. The normalized spacial score (nSPS) is 15.6. The van der Waals surface area contributed by atoms with Crippen molar-refractivity contribution >= 4 is 5.91 Å². The van der Waals surface area contributed by atoms with Crippen LogP contribution in [0.15, 0.2) is 42.6 Å². The van der Waals surface area contributed by atoms with Crippen molar-refractivity contribution in [2.24, 2.45) is 0 Å². The zero-order valence-electron chi connectivity index (χ0n) is 12.6. The SMILES string of the molecule is Cc1ccccc1C(=O)N1CCC(Oc2cccnn2)CC1. The molecule has 1 saturated heterocycles. The van der Waals surface area contributed by atoms with Gasteiger partial charge in [0.05, 0.1) is 0 Å². The van der Waals surface area contributed by atoms with E-state index < -0.39 is 0 Å². The molecule has 0 N–H and O–H groups in total. The summed E-state index contributed by atoms with van der Waals surface area (Å²) >= 11 is 0. The Morgan fingerprint density at radius 1 is 1.18 bits per heavy atom. The van der Waals surface area contributed by atoms with Crippen molar-refractivity contribution in [2.75, 3.05) is 13.1 Å². The molecule has 1 amide bonds. The van der Waals surface area contributed by atoms with E-state index in [0.717, 1.165) is 24.0 Å². The second-order valence-corrected chi connectivity index (χ2v) is 5.49. The molecule has 0 spiro atoms. The van der Waals surface area contributed by atoms with E-state index in [2.05, 4.69) is 10.2 Å². The number of benzene rings is 1. The smallest absolute Gasteiger partial charge is 0.254 e. The van der Waals surface area contributed by atoms with Crippen molar-refractivity contribution in [3.05, 3.63) is 53.7 Å². The molecule has 114 valence electrons. The van der Waals surface area contributed by atoms with E-state index in [4.69, 9.17) is 4.74 Å². The first-order valence-corrected chi connectivity index (χ1v) is 7.53. The predicted octanol–water partition coefficient (Wildman–Crippen LogP) is 2.47. The minimum absolute atomic E-state index is 0.0950. The molecule has 0 radical (unpaired) electrons. The van der Waals surface area contributed by atoms with Gasteiger partial charge in [-0.25, -0.2) is 0 Å². The summed E-state index contributed by atoms with van der Waals surface area (Å²) in [5.41, 5.74) is 1.81. The zero-order valence-corrected chi connectivity index (χ0v) is 12.6. The topological polar surface area (TPSA) is 55.3 Å². The van der Waals surface area contributed by atoms with E-state index in [9.17, 15) is 4.79 Å². The molecule has 2 heterocycles. The molecule has 1 aliphatic heterocycles. The van der Waals surface area contributed by atoms with E-state index in [0.29, 0.717) is 19.0 Å². The number of rotatable bonds is 3. The average molecular weight is 297 g/mol. The van der Waals surface area contributed by atoms with E-state index in [1.165, 1.54) is 0 Å². The summed E-state index contributed by atoms with van der Waals surface area (Å²) in [6.07, 6.45) is 3.34. The number of aromatic nitrogens is 2. The number of carbonyl (C=O) groups excluding carboxylic acids is 1. The van der Waals surface area contributed by atoms with Gasteiger partial charge in [0.15, 0.2) is 0 Å². The number of hydrogen-bond donors (Lipinski definition) is 0. The minimum Gasteiger partial charge on any atom is -0.473 e. The van der Waals surface area contributed by atoms with Gasteiger partial charge in [0.25, 0.3) is 5.91 Å². The fourth-order valence-corrected chi connectivity index (χ4v) is 2.68. The van der Waals surface area contributed by atoms with Gasteiger partial charge < -0.3 is 9.64 Å². The Kier molecular flexibility index (Phi) is 4.32. The Hall–Kier alpha value is -2.43. The highest BCUT2D eigenvalue weighted by atomic mass is 16.5. The van der Waals surface area contributed by atoms with E-state index in [-0.39, 0.29) is 12.0 Å². The van der Waals surface area contributed by atoms with Crippen molar-refractivity contribution in [2.45, 2.75) is 25.9 Å². The van der Waals surface area contributed by atoms with Crippen molar-refractivity contribution in [3.63, 3.8) is 0 Å². The second-order valence-electron chi connectivity index (χ2n) is 5.49. The monoisotopic (exact) mass is 297 g/mol. The van der Waals surface area contributed by atoms with Crippen LogP contribution < -0.4 is 4.74 Å². The number of piperidine rings is 1. The van der Waals surface area contributed by atoms with Crippen LogP contribution in [0.3, 0.4) is 0 Å². The fraction of sp³-hybridized carbons (Fsp3) is 0.353. The first-order valence-electron chi connectivity index (χ1n) is 7.53. The summed E-state index contributed by atoms with van der Waals surface area (Å²) in [6, 6.07) is 11.3. The molecule has 1 aromatic heterocycles. The van der Waals surface area contributed by atoms with Crippen molar-refractivity contribution in [1.82, 2.24) is 15.1 Å². The molecule has 2 aromatic rings. The van der Waals surface area contributed by atoms with Crippen LogP contribution in [0.1, 0.15) is 28.8 Å². The predicted molar refractivity (Wildman–Crippen MR) is 82.8 cm³/mol. The Morgan fingerprint density at radius 3 is 2.64 bits per heavy atom. The highest BCUT2D eigenvalue weighted by molar-refractivity contribution is 5.95. The van der Waals surface area contributed by atoms with Gasteiger partial charge in [0, 0.05) is 43.8 Å². The van der Waals surface area contributed by atoms with Gasteiger partial charge in [-0.3, -0.25) is 4.79 Å². The average Bonchev–Trinajstić information content (AvgIpc) is 2.56. The van der Waals surface area contributed by atoms with Gasteiger partial charge in [0.2, 0.25) is 5.88 Å². The number of nitrogens with zero attached hydrogens (tertiary/aromatic N) is 3.